The van der Waals surface area contributed by atoms with Gasteiger partial charge >= 0.3 is 4.87 Å². The summed E-state index contributed by atoms with van der Waals surface area (Å²) in [6.07, 6.45) is 0. The van der Waals surface area contributed by atoms with Gasteiger partial charge < -0.3 is 24.1 Å². The Morgan fingerprint density at radius 1 is 1.02 bits per heavy atom. The van der Waals surface area contributed by atoms with Crippen LogP contribution in [0.1, 0.15) is 28.8 Å². The minimum absolute atomic E-state index is 0.139. The molecule has 2 aromatic carbocycles. The lowest BCUT2D eigenvalue weighted by Gasteiger charge is -2.30. The molecule has 214 valence electrons. The summed E-state index contributed by atoms with van der Waals surface area (Å²) >= 11 is 2.29. The van der Waals surface area contributed by atoms with Crippen LogP contribution >= 0.6 is 23.1 Å². The molecule has 0 bridgehead atoms. The first-order chi connectivity index (χ1) is 19.9. The highest BCUT2D eigenvalue weighted by Crippen LogP contribution is 2.53. The number of thioether (sulfide) groups is 1. The second kappa shape index (κ2) is 11.3. The number of nitrogens with zero attached hydrogens (tertiary/aromatic N) is 2. The average Bonchev–Trinajstić information content (AvgIpc) is 3.47. The van der Waals surface area contributed by atoms with E-state index in [4.69, 9.17) is 14.2 Å². The molecule has 3 atom stereocenters. The number of benzene rings is 2. The number of aromatic nitrogens is 1. The molecular weight excluding hydrogens is 566 g/mol. The van der Waals surface area contributed by atoms with Crippen LogP contribution in [0.5, 0.6) is 11.5 Å². The van der Waals surface area contributed by atoms with Gasteiger partial charge in [-0.15, -0.1) is 0 Å². The van der Waals surface area contributed by atoms with Crippen molar-refractivity contribution < 1.29 is 28.6 Å². The normalized spacial score (nSPS) is 22.0. The number of anilines is 1. The van der Waals surface area contributed by atoms with E-state index in [1.165, 1.54) is 16.7 Å². The van der Waals surface area contributed by atoms with Crippen molar-refractivity contribution in [1.82, 2.24) is 9.88 Å². The van der Waals surface area contributed by atoms with Crippen LogP contribution in [0.25, 0.3) is 0 Å². The predicted molar refractivity (Wildman–Crippen MR) is 154 cm³/mol. The Morgan fingerprint density at radius 3 is 2.51 bits per heavy atom. The summed E-state index contributed by atoms with van der Waals surface area (Å²) < 4.78 is 17.1. The lowest BCUT2D eigenvalue weighted by molar-refractivity contribution is -0.137. The van der Waals surface area contributed by atoms with E-state index in [0.29, 0.717) is 60.0 Å². The zero-order valence-electron chi connectivity index (χ0n) is 22.6. The smallest absolute Gasteiger partial charge is 0.305 e. The maximum atomic E-state index is 13.9. The van der Waals surface area contributed by atoms with Crippen LogP contribution < -0.4 is 19.2 Å². The van der Waals surface area contributed by atoms with Crippen molar-refractivity contribution in [1.29, 1.82) is 0 Å². The summed E-state index contributed by atoms with van der Waals surface area (Å²) in [4.78, 5) is 58.9. The SMILES string of the molecule is CCOc1cc([C@@H]2c3sc(=O)[nH]c3S[C@H]3C(=O)N(c4ccc(C)cc4)C(=O)[C@@H]23)ccc1OCC(=O)N1CCOCC1. The van der Waals surface area contributed by atoms with E-state index in [2.05, 4.69) is 4.98 Å². The fourth-order valence-corrected chi connectivity index (χ4v) is 7.99. The molecule has 3 aromatic rings. The molecule has 1 N–H and O–H groups in total. The first-order valence-electron chi connectivity index (χ1n) is 13.4. The van der Waals surface area contributed by atoms with E-state index < -0.39 is 17.1 Å². The highest BCUT2D eigenvalue weighted by Gasteiger charge is 2.56. The van der Waals surface area contributed by atoms with Crippen LogP contribution in [0.4, 0.5) is 5.69 Å². The number of morpholine rings is 1. The summed E-state index contributed by atoms with van der Waals surface area (Å²) in [6, 6.07) is 12.6. The van der Waals surface area contributed by atoms with Crippen molar-refractivity contribution in [2.24, 2.45) is 5.92 Å². The quantitative estimate of drug-likeness (QED) is 0.414. The molecule has 6 rings (SSSR count). The summed E-state index contributed by atoms with van der Waals surface area (Å²) in [6.45, 7) is 6.05. The number of H-pyrrole nitrogens is 1. The number of nitrogens with one attached hydrogen (secondary N) is 1. The average molecular weight is 596 g/mol. The Balaban J connectivity index is 1.34. The van der Waals surface area contributed by atoms with Crippen molar-refractivity contribution in [2.45, 2.75) is 30.0 Å². The molecule has 1 aromatic heterocycles. The number of rotatable bonds is 7. The van der Waals surface area contributed by atoms with E-state index in [9.17, 15) is 19.2 Å². The lowest BCUT2D eigenvalue weighted by atomic mass is 9.83. The molecule has 4 heterocycles. The monoisotopic (exact) mass is 595 g/mol. The van der Waals surface area contributed by atoms with Crippen LogP contribution in [0, 0.1) is 12.8 Å². The van der Waals surface area contributed by atoms with Gasteiger partial charge in [0.15, 0.2) is 18.1 Å². The Morgan fingerprint density at radius 2 is 1.78 bits per heavy atom. The minimum Gasteiger partial charge on any atom is -0.490 e. The van der Waals surface area contributed by atoms with Gasteiger partial charge in [-0.05, 0) is 43.7 Å². The third-order valence-corrected chi connectivity index (χ3v) is 9.86. The number of carbonyl (C=O) groups is 3. The number of aryl methyl sites for hydroxylation is 1. The summed E-state index contributed by atoms with van der Waals surface area (Å²) in [5.74, 6) is -1.18. The number of imide groups is 1. The Hall–Kier alpha value is -3.61. The molecule has 0 unspecified atom stereocenters. The van der Waals surface area contributed by atoms with Gasteiger partial charge in [-0.25, -0.2) is 4.90 Å². The standard InChI is InChI=1S/C29H29N3O7S2/c1-3-38-20-14-17(6-9-19(20)39-15-21(33)31-10-12-37-13-11-31)22-23-25(40-26-24(22)41-29(36)30-26)28(35)32(27(23)34)18-7-4-16(2)5-8-18/h4-9,14,22-23,25H,3,10-13,15H2,1-2H3,(H,30,36)/t22-,23-,25+/m0/s1. The minimum atomic E-state index is -0.711. The van der Waals surface area contributed by atoms with Gasteiger partial charge in [-0.2, -0.15) is 0 Å². The number of hydrogen-bond donors (Lipinski definition) is 1. The van der Waals surface area contributed by atoms with Gasteiger partial charge in [0, 0.05) is 23.9 Å². The lowest BCUT2D eigenvalue weighted by Crippen LogP contribution is -2.43. The van der Waals surface area contributed by atoms with E-state index in [1.54, 1.807) is 29.2 Å². The van der Waals surface area contributed by atoms with E-state index in [-0.39, 0.29) is 29.2 Å². The fraction of sp³-hybridized carbons (Fsp3) is 0.379. The maximum Gasteiger partial charge on any atom is 0.305 e. The zero-order chi connectivity index (χ0) is 28.7. The van der Waals surface area contributed by atoms with Crippen LogP contribution in [-0.2, 0) is 19.1 Å². The van der Waals surface area contributed by atoms with E-state index >= 15 is 0 Å². The number of amides is 3. The molecule has 10 nitrogen and oxygen atoms in total. The Labute approximate surface area is 244 Å². The summed E-state index contributed by atoms with van der Waals surface area (Å²) in [5, 5.41) is -0.0864. The van der Waals surface area contributed by atoms with Crippen LogP contribution in [0.2, 0.25) is 0 Å². The highest BCUT2D eigenvalue weighted by molar-refractivity contribution is 8.00. The van der Waals surface area contributed by atoms with Gasteiger partial charge in [0.2, 0.25) is 11.8 Å². The first kappa shape index (κ1) is 27.6. The van der Waals surface area contributed by atoms with Crippen LogP contribution in [0.15, 0.2) is 52.3 Å². The molecular formula is C29H29N3O7S2. The molecule has 0 spiro atoms. The van der Waals surface area contributed by atoms with Crippen LogP contribution in [-0.4, -0.2) is 72.4 Å². The van der Waals surface area contributed by atoms with Crippen molar-refractivity contribution in [3.8, 4) is 11.5 Å². The number of carbonyl (C=O) groups excluding carboxylic acids is 3. The van der Waals surface area contributed by atoms with E-state index in [1.807, 2.05) is 32.0 Å². The molecule has 2 saturated heterocycles. The second-order valence-corrected chi connectivity index (χ2v) is 12.2. The molecule has 12 heteroatoms. The zero-order valence-corrected chi connectivity index (χ0v) is 24.2. The highest BCUT2D eigenvalue weighted by atomic mass is 32.2. The molecule has 2 fully saturated rings. The van der Waals surface area contributed by atoms with Crippen molar-refractivity contribution in [3.63, 3.8) is 0 Å². The molecule has 3 aliphatic heterocycles. The summed E-state index contributed by atoms with van der Waals surface area (Å²) in [7, 11) is 0. The van der Waals surface area contributed by atoms with Gasteiger partial charge in [0.25, 0.3) is 5.91 Å². The number of aromatic amines is 1. The molecule has 0 aliphatic carbocycles. The molecule has 0 radical (unpaired) electrons. The molecule has 3 amide bonds. The number of hydrogen-bond acceptors (Lipinski definition) is 9. The largest absolute Gasteiger partial charge is 0.490 e. The number of ether oxygens (including phenoxy) is 3. The van der Waals surface area contributed by atoms with Gasteiger partial charge in [0.1, 0.15) is 5.25 Å². The number of thiazole rings is 1. The summed E-state index contributed by atoms with van der Waals surface area (Å²) in [5.41, 5.74) is 2.27. The van der Waals surface area contributed by atoms with E-state index in [0.717, 1.165) is 22.5 Å². The molecule has 0 saturated carbocycles. The topological polar surface area (TPSA) is 118 Å². The Bertz CT molecular complexity index is 1540. The second-order valence-electron chi connectivity index (χ2n) is 10.0. The van der Waals surface area contributed by atoms with Crippen molar-refractivity contribution in [3.05, 3.63) is 68.1 Å². The van der Waals surface area contributed by atoms with Gasteiger partial charge in [-0.3, -0.25) is 19.2 Å². The molecule has 41 heavy (non-hydrogen) atoms. The third-order valence-electron chi connectivity index (χ3n) is 7.46. The van der Waals surface area contributed by atoms with Crippen molar-refractivity contribution >= 4 is 46.5 Å². The first-order valence-corrected chi connectivity index (χ1v) is 15.1. The van der Waals surface area contributed by atoms with Gasteiger partial charge in [-0.1, -0.05) is 46.9 Å². The van der Waals surface area contributed by atoms with Crippen molar-refractivity contribution in [2.75, 3.05) is 44.4 Å². The number of fused-ring (bicyclic) bond motifs is 2. The third kappa shape index (κ3) is 5.15. The fourth-order valence-electron chi connectivity index (χ4n) is 5.47. The Kier molecular flexibility index (Phi) is 7.62. The molecule has 3 aliphatic rings. The van der Waals surface area contributed by atoms with Gasteiger partial charge in [0.05, 0.1) is 36.5 Å². The predicted octanol–water partition coefficient (Wildman–Crippen LogP) is 3.18. The maximum absolute atomic E-state index is 13.9. The van der Waals surface area contributed by atoms with Crippen LogP contribution in [0.3, 0.4) is 0 Å².